The normalized spacial score (nSPS) is 16.7. The molecule has 3 rings (SSSR count). The van der Waals surface area contributed by atoms with E-state index in [1.54, 1.807) is 7.11 Å². The quantitative estimate of drug-likeness (QED) is 0.712. The van der Waals surface area contributed by atoms with E-state index in [-0.39, 0.29) is 5.91 Å². The average Bonchev–Trinajstić information content (AvgIpc) is 3.00. The first-order valence-electron chi connectivity index (χ1n) is 7.04. The van der Waals surface area contributed by atoms with Crippen LogP contribution in [0.2, 0.25) is 0 Å². The van der Waals surface area contributed by atoms with Crippen LogP contribution in [0.1, 0.15) is 24.3 Å². The number of methoxy groups -OCH3 is 1. The van der Waals surface area contributed by atoms with E-state index in [1.165, 1.54) is 11.9 Å². The van der Waals surface area contributed by atoms with Gasteiger partial charge in [-0.3, -0.25) is 4.79 Å². The van der Waals surface area contributed by atoms with Crippen LogP contribution >= 0.6 is 22.6 Å². The highest BCUT2D eigenvalue weighted by Gasteiger charge is 2.34. The predicted molar refractivity (Wildman–Crippen MR) is 95.0 cm³/mol. The van der Waals surface area contributed by atoms with E-state index in [0.717, 1.165) is 14.7 Å². The zero-order valence-corrected chi connectivity index (χ0v) is 14.9. The first kappa shape index (κ1) is 15.8. The van der Waals surface area contributed by atoms with Gasteiger partial charge >= 0.3 is 0 Å². The van der Waals surface area contributed by atoms with Gasteiger partial charge in [-0.2, -0.15) is 5.01 Å². The topological polar surface area (TPSA) is 51.1 Å². The summed E-state index contributed by atoms with van der Waals surface area (Å²) in [6.45, 7) is 1.47. The number of amides is 1. The van der Waals surface area contributed by atoms with Crippen molar-refractivity contribution in [3.63, 3.8) is 0 Å². The number of rotatable bonds is 3. The number of ether oxygens (including phenoxy) is 2. The molecule has 5 nitrogen and oxygen atoms in total. The Labute approximate surface area is 148 Å². The lowest BCUT2D eigenvalue weighted by Crippen LogP contribution is -2.25. The minimum atomic E-state index is -0.567. The Morgan fingerprint density at radius 3 is 2.74 bits per heavy atom. The zero-order chi connectivity index (χ0) is 16.4. The van der Waals surface area contributed by atoms with Crippen molar-refractivity contribution >= 4 is 34.4 Å². The molecule has 0 fully saturated rings. The minimum absolute atomic E-state index is 0.182. The van der Waals surface area contributed by atoms with E-state index >= 15 is 0 Å². The van der Waals surface area contributed by atoms with Gasteiger partial charge in [0.05, 0.1) is 12.7 Å². The molecule has 2 aromatic rings. The number of hydrogen-bond acceptors (Lipinski definition) is 4. The van der Waals surface area contributed by atoms with Crippen LogP contribution in [-0.4, -0.2) is 23.9 Å². The number of nitrogens with zero attached hydrogens (tertiary/aromatic N) is 2. The summed E-state index contributed by atoms with van der Waals surface area (Å²) in [4.78, 5) is 12.0. The first-order valence-corrected chi connectivity index (χ1v) is 8.12. The average molecular weight is 422 g/mol. The van der Waals surface area contributed by atoms with Crippen LogP contribution < -0.4 is 4.74 Å². The third kappa shape index (κ3) is 3.17. The SMILES string of the molecule is COc1ccccc1C1=NN(C(C)=O)C(c2cccc(I)c2)O1. The van der Waals surface area contributed by atoms with E-state index < -0.39 is 6.23 Å². The lowest BCUT2D eigenvalue weighted by atomic mass is 10.2. The molecule has 0 aromatic heterocycles. The molecule has 1 unspecified atom stereocenters. The monoisotopic (exact) mass is 422 g/mol. The molecule has 0 bridgehead atoms. The van der Waals surface area contributed by atoms with E-state index in [2.05, 4.69) is 27.7 Å². The highest BCUT2D eigenvalue weighted by Crippen LogP contribution is 2.33. The Morgan fingerprint density at radius 1 is 1.26 bits per heavy atom. The molecule has 118 valence electrons. The second-order valence-electron chi connectivity index (χ2n) is 4.99. The highest BCUT2D eigenvalue weighted by molar-refractivity contribution is 14.1. The fourth-order valence-electron chi connectivity index (χ4n) is 2.37. The van der Waals surface area contributed by atoms with Gasteiger partial charge in [0.1, 0.15) is 5.75 Å². The van der Waals surface area contributed by atoms with Crippen LogP contribution in [-0.2, 0) is 9.53 Å². The predicted octanol–water partition coefficient (Wildman–Crippen LogP) is 3.54. The van der Waals surface area contributed by atoms with Gasteiger partial charge in [-0.15, -0.1) is 5.10 Å². The summed E-state index contributed by atoms with van der Waals surface area (Å²) in [5, 5.41) is 5.70. The second kappa shape index (κ2) is 6.57. The van der Waals surface area contributed by atoms with Gasteiger partial charge < -0.3 is 9.47 Å². The van der Waals surface area contributed by atoms with Crippen LogP contribution in [0, 0.1) is 3.57 Å². The largest absolute Gasteiger partial charge is 0.496 e. The number of benzene rings is 2. The number of hydrazone groups is 1. The van der Waals surface area contributed by atoms with E-state index in [4.69, 9.17) is 9.47 Å². The van der Waals surface area contributed by atoms with Gasteiger partial charge in [-0.05, 0) is 46.9 Å². The van der Waals surface area contributed by atoms with Gasteiger partial charge in [0.25, 0.3) is 0 Å². The third-order valence-corrected chi connectivity index (χ3v) is 4.11. The Morgan fingerprint density at radius 2 is 2.04 bits per heavy atom. The molecule has 2 aromatic carbocycles. The molecule has 1 aliphatic rings. The summed E-state index contributed by atoms with van der Waals surface area (Å²) in [6, 6.07) is 15.2. The number of carbonyl (C=O) groups excluding carboxylic acids is 1. The van der Waals surface area contributed by atoms with E-state index in [9.17, 15) is 4.79 Å². The molecular formula is C17H15IN2O3. The molecule has 0 saturated heterocycles. The van der Waals surface area contributed by atoms with Crippen molar-refractivity contribution in [3.05, 3.63) is 63.2 Å². The van der Waals surface area contributed by atoms with Crippen molar-refractivity contribution < 1.29 is 14.3 Å². The van der Waals surface area contributed by atoms with Gasteiger partial charge in [0.15, 0.2) is 0 Å². The van der Waals surface area contributed by atoms with Crippen molar-refractivity contribution in [2.75, 3.05) is 7.11 Å². The summed E-state index contributed by atoms with van der Waals surface area (Å²) in [5.41, 5.74) is 1.59. The van der Waals surface area contributed by atoms with Crippen LogP contribution in [0.5, 0.6) is 5.75 Å². The molecule has 6 heteroatoms. The van der Waals surface area contributed by atoms with Crippen molar-refractivity contribution in [2.24, 2.45) is 5.10 Å². The van der Waals surface area contributed by atoms with Crippen molar-refractivity contribution in [1.29, 1.82) is 0 Å². The number of hydrogen-bond donors (Lipinski definition) is 0. The van der Waals surface area contributed by atoms with Crippen LogP contribution in [0.4, 0.5) is 0 Å². The smallest absolute Gasteiger partial charge is 0.244 e. The van der Waals surface area contributed by atoms with Gasteiger partial charge in [0, 0.05) is 16.1 Å². The lowest BCUT2D eigenvalue weighted by molar-refractivity contribution is -0.135. The first-order chi connectivity index (χ1) is 11.1. The molecule has 0 aliphatic carbocycles. The number of carbonyl (C=O) groups is 1. The molecule has 1 aliphatic heterocycles. The van der Waals surface area contributed by atoms with Crippen LogP contribution in [0.15, 0.2) is 53.6 Å². The molecular weight excluding hydrogens is 407 g/mol. The maximum Gasteiger partial charge on any atom is 0.244 e. The summed E-state index contributed by atoms with van der Waals surface area (Å²) in [7, 11) is 1.59. The molecule has 0 saturated carbocycles. The summed E-state index contributed by atoms with van der Waals surface area (Å²) in [6.07, 6.45) is -0.567. The zero-order valence-electron chi connectivity index (χ0n) is 12.7. The fourth-order valence-corrected chi connectivity index (χ4v) is 2.94. The minimum Gasteiger partial charge on any atom is -0.496 e. The number of halogens is 1. The second-order valence-corrected chi connectivity index (χ2v) is 6.24. The van der Waals surface area contributed by atoms with Crippen LogP contribution in [0.3, 0.4) is 0 Å². The molecule has 1 atom stereocenters. The van der Waals surface area contributed by atoms with Crippen molar-refractivity contribution in [1.82, 2.24) is 5.01 Å². The maximum atomic E-state index is 12.0. The van der Waals surface area contributed by atoms with Crippen LogP contribution in [0.25, 0.3) is 0 Å². The lowest BCUT2D eigenvalue weighted by Gasteiger charge is -2.19. The van der Waals surface area contributed by atoms with Gasteiger partial charge in [-0.1, -0.05) is 24.3 Å². The molecule has 0 radical (unpaired) electrons. The van der Waals surface area contributed by atoms with E-state index in [0.29, 0.717) is 11.6 Å². The van der Waals surface area contributed by atoms with Crippen molar-refractivity contribution in [2.45, 2.75) is 13.2 Å². The van der Waals surface area contributed by atoms with Crippen molar-refractivity contribution in [3.8, 4) is 5.75 Å². The summed E-state index contributed by atoms with van der Waals surface area (Å²) in [5.74, 6) is 0.846. The Hall–Kier alpha value is -2.09. The highest BCUT2D eigenvalue weighted by atomic mass is 127. The van der Waals surface area contributed by atoms with Gasteiger partial charge in [-0.25, -0.2) is 0 Å². The number of para-hydroxylation sites is 1. The molecule has 1 amide bonds. The van der Waals surface area contributed by atoms with E-state index in [1.807, 2.05) is 48.5 Å². The maximum absolute atomic E-state index is 12.0. The Kier molecular flexibility index (Phi) is 4.51. The fraction of sp³-hybridized carbons (Fsp3) is 0.176. The molecule has 0 N–H and O–H groups in total. The molecule has 1 heterocycles. The Balaban J connectivity index is 1.99. The Bertz CT molecular complexity index is 776. The summed E-state index contributed by atoms with van der Waals surface area (Å²) >= 11 is 2.23. The molecule has 0 spiro atoms. The third-order valence-electron chi connectivity index (χ3n) is 3.44. The molecule has 23 heavy (non-hydrogen) atoms. The van der Waals surface area contributed by atoms with Gasteiger partial charge in [0.2, 0.25) is 18.0 Å². The standard InChI is InChI=1S/C17H15IN2O3/c1-11(21)20-17(12-6-5-7-13(18)10-12)23-16(19-20)14-8-3-4-9-15(14)22-2/h3-10,17H,1-2H3. The summed E-state index contributed by atoms with van der Waals surface area (Å²) < 4.78 is 12.4.